The van der Waals surface area contributed by atoms with Crippen LogP contribution in [0.5, 0.6) is 0 Å². The quantitative estimate of drug-likeness (QED) is 0.412. The lowest BCUT2D eigenvalue weighted by molar-refractivity contribution is 0.104. The van der Waals surface area contributed by atoms with Crippen molar-refractivity contribution in [2.75, 3.05) is 0 Å². The van der Waals surface area contributed by atoms with Crippen LogP contribution in [-0.4, -0.2) is 5.78 Å². The van der Waals surface area contributed by atoms with E-state index < -0.39 is 0 Å². The van der Waals surface area contributed by atoms with Crippen molar-refractivity contribution in [3.05, 3.63) is 53.3 Å². The molecule has 0 aliphatic heterocycles. The Kier molecular flexibility index (Phi) is 3.74. The Morgan fingerprint density at radius 2 is 1.75 bits per heavy atom. The molecule has 1 fully saturated rings. The molecule has 0 bridgehead atoms. The Morgan fingerprint density at radius 3 is 2.44 bits per heavy atom. The van der Waals surface area contributed by atoms with Gasteiger partial charge in [0.1, 0.15) is 0 Å². The minimum atomic E-state index is 0.0543. The van der Waals surface area contributed by atoms with Gasteiger partial charge in [-0.3, -0.25) is 4.79 Å². The maximum absolute atomic E-state index is 11.8. The molecule has 0 unspecified atom stereocenters. The zero-order valence-corrected chi connectivity index (χ0v) is 9.41. The smallest absolute Gasteiger partial charge is 0.193 e. The molecule has 1 nitrogen and oxygen atoms in total. The Morgan fingerprint density at radius 1 is 1.06 bits per heavy atom. The van der Waals surface area contributed by atoms with E-state index in [2.05, 4.69) is 5.73 Å². The van der Waals surface area contributed by atoms with Crippen LogP contribution in [0.4, 0.5) is 0 Å². The number of carbonyl (C=O) groups is 1. The summed E-state index contributed by atoms with van der Waals surface area (Å²) in [6.45, 7) is 0. The van der Waals surface area contributed by atoms with Crippen molar-refractivity contribution in [1.29, 1.82) is 0 Å². The lowest BCUT2D eigenvalue weighted by Crippen LogP contribution is -1.94. The van der Waals surface area contributed by atoms with Crippen LogP contribution in [0.15, 0.2) is 47.7 Å². The first-order valence-electron chi connectivity index (χ1n) is 5.90. The van der Waals surface area contributed by atoms with E-state index in [9.17, 15) is 4.79 Å². The number of allylic oxidation sites excluding steroid dienone is 1. The minimum absolute atomic E-state index is 0.0543. The average molecular weight is 212 g/mol. The number of hydrogen-bond donors (Lipinski definition) is 0. The molecule has 0 amide bonds. The third-order valence-corrected chi connectivity index (χ3v) is 2.92. The second kappa shape index (κ2) is 5.48. The van der Waals surface area contributed by atoms with Gasteiger partial charge in [0.2, 0.25) is 0 Å². The van der Waals surface area contributed by atoms with Crippen molar-refractivity contribution in [3.8, 4) is 0 Å². The fourth-order valence-corrected chi connectivity index (χ4v) is 1.98. The predicted molar refractivity (Wildman–Crippen MR) is 65.5 cm³/mol. The first-order chi connectivity index (χ1) is 7.86. The molecule has 1 aliphatic rings. The normalized spacial score (nSPS) is 15.4. The number of carbonyl (C=O) groups excluding carboxylic acids is 1. The van der Waals surface area contributed by atoms with E-state index >= 15 is 0 Å². The Hall–Kier alpha value is -1.59. The number of benzene rings is 1. The van der Waals surface area contributed by atoms with E-state index in [1.54, 1.807) is 6.08 Å². The third-order valence-electron chi connectivity index (χ3n) is 2.92. The summed E-state index contributed by atoms with van der Waals surface area (Å²) < 4.78 is 0. The molecule has 0 aromatic heterocycles. The standard InChI is InChI=1S/C15H16O/c16-15(14-9-5-2-6-10-14)12-11-13-7-3-1-4-8-13/h2,5-6,9-10,12H,1,3-4,7-8H2. The molecule has 0 radical (unpaired) electrons. The molecule has 0 spiro atoms. The number of rotatable bonds is 2. The van der Waals surface area contributed by atoms with Crippen molar-refractivity contribution in [1.82, 2.24) is 0 Å². The fraction of sp³-hybridized carbons (Fsp3) is 0.333. The van der Waals surface area contributed by atoms with E-state index in [-0.39, 0.29) is 5.78 Å². The SMILES string of the molecule is O=C(C=C=C1CCCCC1)c1ccccc1. The van der Waals surface area contributed by atoms with E-state index in [0.717, 1.165) is 18.4 Å². The van der Waals surface area contributed by atoms with Crippen LogP contribution in [0.25, 0.3) is 0 Å². The van der Waals surface area contributed by atoms with Gasteiger partial charge in [0.25, 0.3) is 0 Å². The second-order valence-electron chi connectivity index (χ2n) is 4.18. The summed E-state index contributed by atoms with van der Waals surface area (Å²) >= 11 is 0. The topological polar surface area (TPSA) is 17.1 Å². The van der Waals surface area contributed by atoms with Crippen molar-refractivity contribution in [2.24, 2.45) is 0 Å². The first-order valence-corrected chi connectivity index (χ1v) is 5.90. The molecule has 1 aliphatic carbocycles. The summed E-state index contributed by atoms with van der Waals surface area (Å²) in [6, 6.07) is 9.36. The van der Waals surface area contributed by atoms with Gasteiger partial charge in [-0.2, -0.15) is 0 Å². The minimum Gasteiger partial charge on any atom is -0.289 e. The summed E-state index contributed by atoms with van der Waals surface area (Å²) in [7, 11) is 0. The van der Waals surface area contributed by atoms with Crippen molar-refractivity contribution in [2.45, 2.75) is 32.1 Å². The van der Waals surface area contributed by atoms with Gasteiger partial charge in [0.15, 0.2) is 5.78 Å². The van der Waals surface area contributed by atoms with Gasteiger partial charge in [-0.1, -0.05) is 36.8 Å². The summed E-state index contributed by atoms with van der Waals surface area (Å²) in [5, 5.41) is 0. The Bertz CT molecular complexity index is 414. The molecule has 1 heteroatoms. The van der Waals surface area contributed by atoms with E-state index in [1.165, 1.54) is 24.8 Å². The summed E-state index contributed by atoms with van der Waals surface area (Å²) in [4.78, 5) is 11.8. The van der Waals surface area contributed by atoms with Gasteiger partial charge in [0, 0.05) is 11.6 Å². The molecule has 0 heterocycles. The number of hydrogen-bond acceptors (Lipinski definition) is 1. The molecule has 1 aromatic rings. The molecule has 2 rings (SSSR count). The van der Waals surface area contributed by atoms with E-state index in [1.807, 2.05) is 30.3 Å². The molecule has 0 saturated heterocycles. The Labute approximate surface area is 96.5 Å². The lowest BCUT2D eigenvalue weighted by atomic mass is 9.95. The highest BCUT2D eigenvalue weighted by Gasteiger charge is 2.04. The highest BCUT2D eigenvalue weighted by Crippen LogP contribution is 2.21. The Balaban J connectivity index is 2.09. The van der Waals surface area contributed by atoms with Gasteiger partial charge in [0.05, 0.1) is 0 Å². The van der Waals surface area contributed by atoms with Gasteiger partial charge < -0.3 is 0 Å². The van der Waals surface area contributed by atoms with Gasteiger partial charge >= 0.3 is 0 Å². The van der Waals surface area contributed by atoms with Crippen LogP contribution in [0.1, 0.15) is 42.5 Å². The van der Waals surface area contributed by atoms with Crippen LogP contribution < -0.4 is 0 Å². The van der Waals surface area contributed by atoms with E-state index in [0.29, 0.717) is 0 Å². The molecular weight excluding hydrogens is 196 g/mol. The average Bonchev–Trinajstić information content (AvgIpc) is 2.38. The molecule has 0 atom stereocenters. The molecular formula is C15H16O. The molecule has 1 saturated carbocycles. The molecule has 16 heavy (non-hydrogen) atoms. The summed E-state index contributed by atoms with van der Waals surface area (Å²) in [6.07, 6.45) is 7.62. The van der Waals surface area contributed by atoms with Crippen LogP contribution in [-0.2, 0) is 0 Å². The zero-order valence-electron chi connectivity index (χ0n) is 9.41. The highest BCUT2D eigenvalue weighted by atomic mass is 16.1. The van der Waals surface area contributed by atoms with Gasteiger partial charge in [-0.25, -0.2) is 0 Å². The molecule has 1 aromatic carbocycles. The van der Waals surface area contributed by atoms with Gasteiger partial charge in [-0.15, -0.1) is 5.73 Å². The first kappa shape index (κ1) is 10.9. The number of ketones is 1. The lowest BCUT2D eigenvalue weighted by Gasteiger charge is -2.10. The van der Waals surface area contributed by atoms with Crippen molar-refractivity contribution >= 4 is 5.78 Å². The largest absolute Gasteiger partial charge is 0.289 e. The molecule has 0 N–H and O–H groups in total. The second-order valence-corrected chi connectivity index (χ2v) is 4.18. The van der Waals surface area contributed by atoms with Crippen LogP contribution in [0.3, 0.4) is 0 Å². The van der Waals surface area contributed by atoms with Gasteiger partial charge in [-0.05, 0) is 31.3 Å². The summed E-state index contributed by atoms with van der Waals surface area (Å²) in [5.74, 6) is 0.0543. The van der Waals surface area contributed by atoms with E-state index in [4.69, 9.17) is 0 Å². The summed E-state index contributed by atoms with van der Waals surface area (Å²) in [5.41, 5.74) is 5.21. The highest BCUT2D eigenvalue weighted by molar-refractivity contribution is 6.04. The zero-order chi connectivity index (χ0) is 11.2. The predicted octanol–water partition coefficient (Wildman–Crippen LogP) is 3.91. The fourth-order valence-electron chi connectivity index (χ4n) is 1.98. The van der Waals surface area contributed by atoms with Crippen molar-refractivity contribution in [3.63, 3.8) is 0 Å². The van der Waals surface area contributed by atoms with Crippen molar-refractivity contribution < 1.29 is 4.79 Å². The third kappa shape index (κ3) is 2.95. The van der Waals surface area contributed by atoms with Crippen LogP contribution in [0, 0.1) is 0 Å². The van der Waals surface area contributed by atoms with Crippen LogP contribution in [0.2, 0.25) is 0 Å². The van der Waals surface area contributed by atoms with Crippen LogP contribution >= 0.6 is 0 Å². The monoisotopic (exact) mass is 212 g/mol. The maximum atomic E-state index is 11.8. The molecule has 82 valence electrons. The maximum Gasteiger partial charge on any atom is 0.193 e.